The first-order valence-electron chi connectivity index (χ1n) is 6.56. The molecule has 0 saturated carbocycles. The third-order valence-electron chi connectivity index (χ3n) is 2.64. The number of phosphoric ester groups is 1. The minimum atomic E-state index is -5.29. The van der Waals surface area contributed by atoms with E-state index in [0.717, 1.165) is 0 Å². The van der Waals surface area contributed by atoms with Gasteiger partial charge in [0.05, 0.1) is 6.61 Å². The number of aliphatic hydroxyl groups is 3. The van der Waals surface area contributed by atoms with Gasteiger partial charge in [0, 0.05) is 6.20 Å². The van der Waals surface area contributed by atoms with Crippen LogP contribution < -0.4 is 11.4 Å². The third kappa shape index (κ3) is 7.57. The number of rotatable bonds is 5. The maximum Gasteiger partial charge on any atom is 0.483 e. The number of nitrogens with one attached hydrogen (secondary N) is 1. The number of H-pyrrole nitrogens is 1. The molecule has 0 aliphatic carbocycles. The first kappa shape index (κ1) is 22.8. The topological polar surface area (TPSA) is 255 Å². The molecule has 2 rings (SSSR count). The van der Waals surface area contributed by atoms with Crippen molar-refractivity contribution in [2.75, 3.05) is 12.3 Å². The summed E-state index contributed by atoms with van der Waals surface area (Å²) in [6.07, 6.45) is -5.07. The highest BCUT2D eigenvalue weighted by Crippen LogP contribution is 2.58. The Kier molecular flexibility index (Phi) is 8.01. The van der Waals surface area contributed by atoms with Gasteiger partial charge >= 0.3 is 21.3 Å². The van der Waals surface area contributed by atoms with Crippen LogP contribution in [-0.2, 0) is 22.7 Å². The molecule has 2 heterocycles. The summed E-state index contributed by atoms with van der Waals surface area (Å²) in [4.78, 5) is 41.5. The van der Waals surface area contributed by atoms with E-state index in [0.29, 0.717) is 0 Å². The van der Waals surface area contributed by atoms with Crippen LogP contribution >= 0.6 is 15.6 Å². The number of hydrogen-bond donors (Lipinski definition) is 8. The molecular weight excluding hydrogens is 404 g/mol. The zero-order chi connectivity index (χ0) is 20.1. The minimum absolute atomic E-state index is 0.244. The lowest BCUT2D eigenvalue weighted by Gasteiger charge is -2.18. The molecule has 150 valence electrons. The summed E-state index contributed by atoms with van der Waals surface area (Å²) in [5.74, 6) is 0.244. The second-order valence-electron chi connectivity index (χ2n) is 4.67. The highest BCUT2D eigenvalue weighted by molar-refractivity contribution is 7.60. The smallest absolute Gasteiger partial charge is 0.394 e. The van der Waals surface area contributed by atoms with E-state index in [1.165, 1.54) is 12.3 Å². The molecule has 2 unspecified atom stereocenters. The third-order valence-corrected chi connectivity index (χ3v) is 4.79. The van der Waals surface area contributed by atoms with E-state index in [-0.39, 0.29) is 5.82 Å². The van der Waals surface area contributed by atoms with Gasteiger partial charge in [0.2, 0.25) is 0 Å². The van der Waals surface area contributed by atoms with E-state index >= 15 is 0 Å². The number of phosphoric acid groups is 2. The minimum Gasteiger partial charge on any atom is -0.394 e. The predicted molar refractivity (Wildman–Crippen MR) is 81.1 cm³/mol. The van der Waals surface area contributed by atoms with Gasteiger partial charge in [-0.2, -0.15) is 9.29 Å². The van der Waals surface area contributed by atoms with E-state index in [1.807, 2.05) is 0 Å². The molecule has 15 nitrogen and oxygen atoms in total. The lowest BCUT2D eigenvalue weighted by atomic mass is 10.1. The Morgan fingerprint density at radius 1 is 1.27 bits per heavy atom. The Balaban J connectivity index is 0.000000350. The van der Waals surface area contributed by atoms with Gasteiger partial charge in [-0.1, -0.05) is 0 Å². The Bertz CT molecular complexity index is 737. The van der Waals surface area contributed by atoms with Crippen LogP contribution in [0.3, 0.4) is 0 Å². The molecule has 0 aromatic carbocycles. The molecule has 5 atom stereocenters. The summed E-state index contributed by atoms with van der Waals surface area (Å²) in [5.41, 5.74) is 4.72. The Morgan fingerprint density at radius 2 is 1.88 bits per heavy atom. The van der Waals surface area contributed by atoms with Crippen molar-refractivity contribution in [2.24, 2.45) is 0 Å². The Morgan fingerprint density at radius 3 is 2.27 bits per heavy atom. The molecule has 17 heteroatoms. The van der Waals surface area contributed by atoms with Gasteiger partial charge in [0.1, 0.15) is 24.1 Å². The van der Waals surface area contributed by atoms with E-state index < -0.39 is 52.5 Å². The van der Waals surface area contributed by atoms with Crippen molar-refractivity contribution >= 4 is 21.5 Å². The summed E-state index contributed by atoms with van der Waals surface area (Å²) in [6, 6.07) is 1.52. The first-order valence-corrected chi connectivity index (χ1v) is 9.59. The molecule has 1 aliphatic rings. The summed E-state index contributed by atoms with van der Waals surface area (Å²) < 4.78 is 33.7. The van der Waals surface area contributed by atoms with E-state index in [1.54, 1.807) is 0 Å². The summed E-state index contributed by atoms with van der Waals surface area (Å²) in [5, 5.41) is 27.3. The van der Waals surface area contributed by atoms with Crippen LogP contribution in [0.15, 0.2) is 17.1 Å². The van der Waals surface area contributed by atoms with E-state index in [4.69, 9.17) is 25.5 Å². The zero-order valence-electron chi connectivity index (χ0n) is 12.7. The molecule has 0 amide bonds. The van der Waals surface area contributed by atoms with Crippen LogP contribution in [0.4, 0.5) is 5.82 Å². The van der Waals surface area contributed by atoms with Gasteiger partial charge in [0.15, 0.2) is 6.29 Å². The second kappa shape index (κ2) is 9.12. The number of aliphatic hydroxyl groups excluding tert-OH is 3. The molecule has 0 radical (unpaired) electrons. The molecule has 1 fully saturated rings. The molecule has 9 N–H and O–H groups in total. The van der Waals surface area contributed by atoms with Gasteiger partial charge in [-0.25, -0.2) is 13.9 Å². The van der Waals surface area contributed by atoms with Crippen LogP contribution in [0.5, 0.6) is 0 Å². The van der Waals surface area contributed by atoms with E-state index in [2.05, 4.69) is 23.5 Å². The quantitative estimate of drug-likeness (QED) is 0.221. The summed E-state index contributed by atoms with van der Waals surface area (Å²) in [6.45, 7) is -0.701. The highest BCUT2D eigenvalue weighted by Gasteiger charge is 2.47. The predicted octanol–water partition coefficient (Wildman–Crippen LogP) is -3.00. The van der Waals surface area contributed by atoms with Crippen LogP contribution in [0, 0.1) is 0 Å². The van der Waals surface area contributed by atoms with Gasteiger partial charge in [-0.3, -0.25) is 4.52 Å². The van der Waals surface area contributed by atoms with Crippen molar-refractivity contribution < 1.29 is 52.7 Å². The molecule has 0 spiro atoms. The molecule has 1 aromatic heterocycles. The van der Waals surface area contributed by atoms with Crippen LogP contribution in [0.1, 0.15) is 0 Å². The number of aromatic amines is 1. The molecule has 1 saturated heterocycles. The standard InChI is InChI=1S/C5H12O11P2.C4H5N3O/c6-1-2-3(7)4(8)5(14-2)15-18(12,13)16-17(9,10)11;5-3-1-2-6-4(8)7-3/h2-8H,1H2,(H,12,13)(H2,9,10,11);1-2H,(H3,5,6,7,8)/t2-,3-,4+,5?;/m1./s1. The van der Waals surface area contributed by atoms with Crippen molar-refractivity contribution in [1.82, 2.24) is 9.97 Å². The van der Waals surface area contributed by atoms with Gasteiger partial charge < -0.3 is 45.5 Å². The zero-order valence-corrected chi connectivity index (χ0v) is 14.5. The normalized spacial score (nSPS) is 28.1. The fraction of sp³-hybridized carbons (Fsp3) is 0.556. The molecule has 0 bridgehead atoms. The molecule has 1 aromatic rings. The van der Waals surface area contributed by atoms with Crippen molar-refractivity contribution in [3.63, 3.8) is 0 Å². The van der Waals surface area contributed by atoms with Crippen molar-refractivity contribution in [3.8, 4) is 0 Å². The number of nitrogen functional groups attached to an aromatic ring is 1. The van der Waals surface area contributed by atoms with Gasteiger partial charge in [-0.15, -0.1) is 0 Å². The lowest BCUT2D eigenvalue weighted by molar-refractivity contribution is -0.125. The van der Waals surface area contributed by atoms with Crippen molar-refractivity contribution in [1.29, 1.82) is 0 Å². The highest BCUT2D eigenvalue weighted by atomic mass is 31.3. The number of anilines is 1. The average Bonchev–Trinajstić information content (AvgIpc) is 2.72. The number of hydrogen-bond acceptors (Lipinski definition) is 11. The number of nitrogens with zero attached hydrogens (tertiary/aromatic N) is 1. The fourth-order valence-corrected chi connectivity index (χ4v) is 3.29. The second-order valence-corrected chi connectivity index (χ2v) is 7.45. The van der Waals surface area contributed by atoms with Gasteiger partial charge in [0.25, 0.3) is 0 Å². The van der Waals surface area contributed by atoms with Crippen molar-refractivity contribution in [3.05, 3.63) is 22.7 Å². The first-order chi connectivity index (χ1) is 11.8. The number of ether oxygens (including phenoxy) is 1. The van der Waals surface area contributed by atoms with Crippen LogP contribution in [0.2, 0.25) is 0 Å². The molecule has 26 heavy (non-hydrogen) atoms. The van der Waals surface area contributed by atoms with Crippen LogP contribution in [-0.4, -0.2) is 71.2 Å². The summed E-state index contributed by atoms with van der Waals surface area (Å²) >= 11 is 0. The largest absolute Gasteiger partial charge is 0.483 e. The molecule has 1 aliphatic heterocycles. The van der Waals surface area contributed by atoms with E-state index in [9.17, 15) is 24.1 Å². The monoisotopic (exact) mass is 421 g/mol. The lowest BCUT2D eigenvalue weighted by Crippen LogP contribution is -2.34. The number of nitrogens with two attached hydrogens (primary N) is 1. The fourth-order valence-electron chi connectivity index (χ4n) is 1.62. The van der Waals surface area contributed by atoms with Crippen molar-refractivity contribution in [2.45, 2.75) is 24.6 Å². The maximum atomic E-state index is 11.1. The Hall–Kier alpha value is -1.22. The van der Waals surface area contributed by atoms with Crippen LogP contribution in [0.25, 0.3) is 0 Å². The number of aromatic nitrogens is 2. The maximum absolute atomic E-state index is 11.1. The molecular formula is C9H17N3O12P2. The SMILES string of the molecule is Nc1cc[nH]c(=O)n1.O=P(O)(O)OP(=O)(O)OC1O[C@H](CO)[C@@H](O)[C@@H]1O. The summed E-state index contributed by atoms with van der Waals surface area (Å²) in [7, 11) is -10.5. The Labute approximate surface area is 144 Å². The van der Waals surface area contributed by atoms with Gasteiger partial charge in [-0.05, 0) is 6.07 Å². The average molecular weight is 421 g/mol.